The third-order valence-electron chi connectivity index (χ3n) is 2.86. The van der Waals surface area contributed by atoms with Crippen LogP contribution in [0.4, 0.5) is 5.82 Å². The number of nitrogens with zero attached hydrogens (tertiary/aromatic N) is 2. The Bertz CT molecular complexity index is 520. The van der Waals surface area contributed by atoms with Crippen LogP contribution in [-0.4, -0.2) is 54.9 Å². The van der Waals surface area contributed by atoms with Crippen LogP contribution in [0.2, 0.25) is 0 Å². The zero-order valence-electron chi connectivity index (χ0n) is 9.67. The highest BCUT2D eigenvalue weighted by atomic mass is 16.6. The Balaban J connectivity index is 2.38. The molecule has 4 atom stereocenters. The van der Waals surface area contributed by atoms with Gasteiger partial charge in [-0.25, -0.2) is 10.6 Å². The Morgan fingerprint density at radius 2 is 2.16 bits per heavy atom. The molecule has 1 saturated heterocycles. The molecule has 0 unspecified atom stereocenters. The molecule has 7 N–H and O–H groups in total. The summed E-state index contributed by atoms with van der Waals surface area (Å²) in [5, 5.41) is 37.8. The van der Waals surface area contributed by atoms with Crippen LogP contribution in [0.15, 0.2) is 11.0 Å². The van der Waals surface area contributed by atoms with E-state index < -0.39 is 42.6 Å². The third kappa shape index (κ3) is 2.27. The van der Waals surface area contributed by atoms with Crippen molar-refractivity contribution in [2.75, 3.05) is 12.0 Å². The SMILES string of the molecule is NNc1nc(=O)n([C@@H]2O[C@H](CO)[C@@H](O)[C@H]2O)cc1O. The highest BCUT2D eigenvalue weighted by Crippen LogP contribution is 2.29. The summed E-state index contributed by atoms with van der Waals surface area (Å²) in [6, 6.07) is 0. The molecule has 0 bridgehead atoms. The molecule has 1 aliphatic rings. The predicted octanol–water partition coefficient (Wildman–Crippen LogP) is -3.15. The van der Waals surface area contributed by atoms with Gasteiger partial charge in [-0.05, 0) is 0 Å². The second-order valence-electron chi connectivity index (χ2n) is 4.04. The van der Waals surface area contributed by atoms with Crippen LogP contribution in [-0.2, 0) is 4.74 Å². The molecule has 1 fully saturated rings. The maximum Gasteiger partial charge on any atom is 0.352 e. The number of nitrogens with two attached hydrogens (primary N) is 1. The average molecular weight is 274 g/mol. The number of rotatable bonds is 3. The monoisotopic (exact) mass is 274 g/mol. The summed E-state index contributed by atoms with van der Waals surface area (Å²) in [4.78, 5) is 15.1. The van der Waals surface area contributed by atoms with E-state index in [1.807, 2.05) is 5.43 Å². The van der Waals surface area contributed by atoms with Crippen molar-refractivity contribution in [3.8, 4) is 5.75 Å². The molecule has 1 aromatic heterocycles. The van der Waals surface area contributed by atoms with E-state index >= 15 is 0 Å². The molecule has 0 saturated carbocycles. The Labute approximate surface area is 106 Å². The minimum Gasteiger partial charge on any atom is -0.503 e. The van der Waals surface area contributed by atoms with Crippen LogP contribution in [0.3, 0.4) is 0 Å². The van der Waals surface area contributed by atoms with Crippen molar-refractivity contribution in [1.82, 2.24) is 9.55 Å². The number of aromatic nitrogens is 2. The number of ether oxygens (including phenoxy) is 1. The van der Waals surface area contributed by atoms with Gasteiger partial charge >= 0.3 is 5.69 Å². The number of anilines is 1. The van der Waals surface area contributed by atoms with Gasteiger partial charge in [-0.3, -0.25) is 4.57 Å². The zero-order chi connectivity index (χ0) is 14.2. The number of nitrogens with one attached hydrogen (secondary N) is 1. The first-order chi connectivity index (χ1) is 8.99. The molecule has 2 heterocycles. The summed E-state index contributed by atoms with van der Waals surface area (Å²) >= 11 is 0. The molecule has 0 radical (unpaired) electrons. The van der Waals surface area contributed by atoms with Crippen molar-refractivity contribution in [3.05, 3.63) is 16.7 Å². The lowest BCUT2D eigenvalue weighted by atomic mass is 10.1. The molecular weight excluding hydrogens is 260 g/mol. The van der Waals surface area contributed by atoms with Gasteiger partial charge in [0.15, 0.2) is 17.8 Å². The minimum absolute atomic E-state index is 0.229. The Kier molecular flexibility index (Phi) is 3.68. The zero-order valence-corrected chi connectivity index (χ0v) is 9.67. The number of hydrazine groups is 1. The molecule has 0 amide bonds. The molecule has 0 aliphatic carbocycles. The number of aliphatic hydroxyl groups excluding tert-OH is 3. The summed E-state index contributed by atoms with van der Waals surface area (Å²) in [5.41, 5.74) is 1.18. The van der Waals surface area contributed by atoms with E-state index in [0.717, 1.165) is 10.8 Å². The molecule has 0 spiro atoms. The second-order valence-corrected chi connectivity index (χ2v) is 4.04. The molecule has 2 rings (SSSR count). The Morgan fingerprint density at radius 3 is 2.68 bits per heavy atom. The van der Waals surface area contributed by atoms with Crippen LogP contribution in [0, 0.1) is 0 Å². The van der Waals surface area contributed by atoms with E-state index in [0.29, 0.717) is 0 Å². The third-order valence-corrected chi connectivity index (χ3v) is 2.86. The number of hydrogen-bond donors (Lipinski definition) is 6. The van der Waals surface area contributed by atoms with E-state index in [1.165, 1.54) is 0 Å². The molecule has 19 heavy (non-hydrogen) atoms. The quantitative estimate of drug-likeness (QED) is 0.246. The summed E-state index contributed by atoms with van der Waals surface area (Å²) in [5.74, 6) is 4.38. The van der Waals surface area contributed by atoms with Gasteiger partial charge in [-0.15, -0.1) is 0 Å². The van der Waals surface area contributed by atoms with Gasteiger partial charge < -0.3 is 30.6 Å². The highest BCUT2D eigenvalue weighted by molar-refractivity contribution is 5.45. The number of aromatic hydroxyl groups is 1. The molecule has 106 valence electrons. The fourth-order valence-corrected chi connectivity index (χ4v) is 1.86. The molecular formula is C9H14N4O6. The second kappa shape index (κ2) is 5.11. The summed E-state index contributed by atoms with van der Waals surface area (Å²) in [7, 11) is 0. The Hall–Kier alpha value is -1.72. The maximum atomic E-state index is 11.7. The smallest absolute Gasteiger partial charge is 0.352 e. The number of hydrogen-bond acceptors (Lipinski definition) is 9. The van der Waals surface area contributed by atoms with Crippen molar-refractivity contribution in [3.63, 3.8) is 0 Å². The normalized spacial score (nSPS) is 30.5. The van der Waals surface area contributed by atoms with Gasteiger partial charge in [-0.2, -0.15) is 4.98 Å². The van der Waals surface area contributed by atoms with E-state index in [-0.39, 0.29) is 5.82 Å². The van der Waals surface area contributed by atoms with Crippen LogP contribution in [0.5, 0.6) is 5.75 Å². The Morgan fingerprint density at radius 1 is 1.47 bits per heavy atom. The highest BCUT2D eigenvalue weighted by Gasteiger charge is 2.43. The maximum absolute atomic E-state index is 11.7. The van der Waals surface area contributed by atoms with Crippen molar-refractivity contribution in [2.45, 2.75) is 24.5 Å². The van der Waals surface area contributed by atoms with Gasteiger partial charge in [0.2, 0.25) is 0 Å². The van der Waals surface area contributed by atoms with Crippen LogP contribution < -0.4 is 17.0 Å². The first-order valence-electron chi connectivity index (χ1n) is 5.40. The topological polar surface area (TPSA) is 163 Å². The molecule has 0 aromatic carbocycles. The lowest BCUT2D eigenvalue weighted by Gasteiger charge is -2.17. The summed E-state index contributed by atoms with van der Waals surface area (Å²) in [6.45, 7) is -0.522. The molecule has 10 nitrogen and oxygen atoms in total. The molecule has 1 aliphatic heterocycles. The van der Waals surface area contributed by atoms with Crippen molar-refractivity contribution >= 4 is 5.82 Å². The van der Waals surface area contributed by atoms with Crippen LogP contribution in [0.25, 0.3) is 0 Å². The van der Waals surface area contributed by atoms with Crippen molar-refractivity contribution in [2.24, 2.45) is 5.84 Å². The first-order valence-corrected chi connectivity index (χ1v) is 5.40. The van der Waals surface area contributed by atoms with Gasteiger partial charge in [0.1, 0.15) is 18.3 Å². The van der Waals surface area contributed by atoms with Crippen LogP contribution >= 0.6 is 0 Å². The predicted molar refractivity (Wildman–Crippen MR) is 61.0 cm³/mol. The van der Waals surface area contributed by atoms with Gasteiger partial charge in [0, 0.05) is 0 Å². The lowest BCUT2D eigenvalue weighted by molar-refractivity contribution is -0.0551. The summed E-state index contributed by atoms with van der Waals surface area (Å²) < 4.78 is 5.95. The average Bonchev–Trinajstić information content (AvgIpc) is 2.68. The number of aliphatic hydroxyl groups is 3. The first kappa shape index (κ1) is 13.7. The van der Waals surface area contributed by atoms with E-state index in [1.54, 1.807) is 0 Å². The summed E-state index contributed by atoms with van der Waals surface area (Å²) in [6.07, 6.45) is -4.11. The minimum atomic E-state index is -1.44. The van der Waals surface area contributed by atoms with Crippen molar-refractivity contribution in [1.29, 1.82) is 0 Å². The molecule has 1 aromatic rings. The standard InChI is InChI=1S/C9H14N4O6/c10-12-7-3(15)1-13(9(18)11-7)8-6(17)5(16)4(2-14)19-8/h1,4-6,8,14-17H,2,10H2,(H,11,12,18)/t4-,5-,6-,8-/m1/s1. The van der Waals surface area contributed by atoms with Crippen LogP contribution in [0.1, 0.15) is 6.23 Å². The fraction of sp³-hybridized carbons (Fsp3) is 0.556. The lowest BCUT2D eigenvalue weighted by Crippen LogP contribution is -2.36. The molecule has 10 heteroatoms. The van der Waals surface area contributed by atoms with E-state index in [4.69, 9.17) is 15.7 Å². The van der Waals surface area contributed by atoms with Gasteiger partial charge in [0.25, 0.3) is 0 Å². The van der Waals surface area contributed by atoms with Gasteiger partial charge in [-0.1, -0.05) is 0 Å². The number of nitrogen functional groups attached to an aromatic ring is 1. The largest absolute Gasteiger partial charge is 0.503 e. The van der Waals surface area contributed by atoms with Crippen molar-refractivity contribution < 1.29 is 25.2 Å². The van der Waals surface area contributed by atoms with Gasteiger partial charge in [0.05, 0.1) is 12.8 Å². The van der Waals surface area contributed by atoms with E-state index in [2.05, 4.69) is 4.98 Å². The van der Waals surface area contributed by atoms with E-state index in [9.17, 15) is 20.1 Å². The fourth-order valence-electron chi connectivity index (χ4n) is 1.86.